The first-order chi connectivity index (χ1) is 13.5. The van der Waals surface area contributed by atoms with Crippen molar-refractivity contribution in [3.05, 3.63) is 65.9 Å². The van der Waals surface area contributed by atoms with Gasteiger partial charge in [0, 0.05) is 35.5 Å². The number of H-pyrrole nitrogens is 1. The van der Waals surface area contributed by atoms with Gasteiger partial charge >= 0.3 is 0 Å². The number of fused-ring (bicyclic) bond motifs is 2. The Balaban J connectivity index is 1.31. The van der Waals surface area contributed by atoms with Crippen LogP contribution in [0.2, 0.25) is 0 Å². The van der Waals surface area contributed by atoms with Crippen molar-refractivity contribution in [1.29, 1.82) is 0 Å². The second-order valence-corrected chi connectivity index (χ2v) is 7.65. The highest BCUT2D eigenvalue weighted by molar-refractivity contribution is 5.85. The highest BCUT2D eigenvalue weighted by Gasteiger charge is 2.46. The summed E-state index contributed by atoms with van der Waals surface area (Å²) in [6, 6.07) is 14.4. The summed E-state index contributed by atoms with van der Waals surface area (Å²) in [5, 5.41) is 3.95. The molecule has 1 fully saturated rings. The lowest BCUT2D eigenvalue weighted by Gasteiger charge is -2.15. The molecule has 2 unspecified atom stereocenters. The van der Waals surface area contributed by atoms with E-state index in [2.05, 4.69) is 15.3 Å². The van der Waals surface area contributed by atoms with Crippen LogP contribution in [-0.2, 0) is 11.8 Å². The Hall–Kier alpha value is -3.15. The van der Waals surface area contributed by atoms with Crippen LogP contribution in [0.3, 0.4) is 0 Å². The standard InChI is InChI=1S/C22H21FN4O/c1-12(20-10-13-9-14(23)7-8-19(13)27(20)2)24-22(28)16-11-15(16)21-25-17-5-3-4-6-18(17)26-21/h3-10,12,15-16H,11H2,1-2H3,(H,24,28)(H,25,26)/t12?,15-,16?/m0/s1. The van der Waals surface area contributed by atoms with Crippen LogP contribution in [0.1, 0.15) is 36.8 Å². The first-order valence-electron chi connectivity index (χ1n) is 9.51. The number of benzene rings is 2. The predicted molar refractivity (Wildman–Crippen MR) is 106 cm³/mol. The second kappa shape index (κ2) is 6.19. The van der Waals surface area contributed by atoms with E-state index in [1.54, 1.807) is 6.07 Å². The molecule has 1 amide bonds. The number of halogens is 1. The number of amides is 1. The predicted octanol–water partition coefficient (Wildman–Crippen LogP) is 4.17. The fourth-order valence-electron chi connectivity index (χ4n) is 4.09. The molecule has 3 atom stereocenters. The highest BCUT2D eigenvalue weighted by atomic mass is 19.1. The SMILES string of the molecule is CC(NC(=O)C1C[C@@H]1c1nc2ccccc2[nH]1)c1cc2cc(F)ccc2n1C. The molecule has 0 saturated heterocycles. The minimum Gasteiger partial charge on any atom is -0.348 e. The van der Waals surface area contributed by atoms with Gasteiger partial charge in [-0.05, 0) is 49.7 Å². The van der Waals surface area contributed by atoms with E-state index < -0.39 is 0 Å². The Morgan fingerprint density at radius 3 is 2.93 bits per heavy atom. The van der Waals surface area contributed by atoms with Crippen molar-refractivity contribution in [2.45, 2.75) is 25.3 Å². The van der Waals surface area contributed by atoms with Crippen LogP contribution in [-0.4, -0.2) is 20.4 Å². The molecule has 6 heteroatoms. The van der Waals surface area contributed by atoms with E-state index in [0.29, 0.717) is 0 Å². The number of aromatic amines is 1. The van der Waals surface area contributed by atoms with Gasteiger partial charge < -0.3 is 14.9 Å². The summed E-state index contributed by atoms with van der Waals surface area (Å²) in [4.78, 5) is 20.7. The molecule has 0 aliphatic heterocycles. The average molecular weight is 376 g/mol. The Morgan fingerprint density at radius 1 is 1.29 bits per heavy atom. The summed E-state index contributed by atoms with van der Waals surface area (Å²) in [6.45, 7) is 1.96. The largest absolute Gasteiger partial charge is 0.348 e. The van der Waals surface area contributed by atoms with Crippen molar-refractivity contribution in [2.24, 2.45) is 13.0 Å². The van der Waals surface area contributed by atoms with Crippen LogP contribution in [0.15, 0.2) is 48.5 Å². The number of nitrogens with zero attached hydrogens (tertiary/aromatic N) is 2. The Morgan fingerprint density at radius 2 is 2.11 bits per heavy atom. The van der Waals surface area contributed by atoms with Crippen molar-refractivity contribution >= 4 is 27.8 Å². The van der Waals surface area contributed by atoms with Crippen molar-refractivity contribution < 1.29 is 9.18 Å². The molecule has 1 aliphatic rings. The number of hydrogen-bond donors (Lipinski definition) is 2. The van der Waals surface area contributed by atoms with Crippen LogP contribution < -0.4 is 5.32 Å². The van der Waals surface area contributed by atoms with E-state index in [-0.39, 0.29) is 29.6 Å². The van der Waals surface area contributed by atoms with Crippen LogP contribution in [0, 0.1) is 11.7 Å². The maximum absolute atomic E-state index is 13.5. The first kappa shape index (κ1) is 17.0. The minimum atomic E-state index is -0.256. The minimum absolute atomic E-state index is 0.0365. The molecule has 0 radical (unpaired) electrons. The zero-order valence-electron chi connectivity index (χ0n) is 15.7. The summed E-state index contributed by atoms with van der Waals surface area (Å²) < 4.78 is 15.5. The third kappa shape index (κ3) is 2.76. The molecule has 28 heavy (non-hydrogen) atoms. The zero-order chi connectivity index (χ0) is 19.4. The summed E-state index contributed by atoms with van der Waals surface area (Å²) >= 11 is 0. The molecule has 5 rings (SSSR count). The molecule has 5 nitrogen and oxygen atoms in total. The number of carbonyl (C=O) groups is 1. The van der Waals surface area contributed by atoms with Gasteiger partial charge in [0.15, 0.2) is 0 Å². The van der Waals surface area contributed by atoms with E-state index in [4.69, 9.17) is 0 Å². The fourth-order valence-corrected chi connectivity index (χ4v) is 4.09. The maximum Gasteiger partial charge on any atom is 0.224 e. The van der Waals surface area contributed by atoms with Crippen molar-refractivity contribution in [2.75, 3.05) is 0 Å². The first-order valence-corrected chi connectivity index (χ1v) is 9.51. The molecule has 142 valence electrons. The number of para-hydroxylation sites is 2. The average Bonchev–Trinajstić information content (AvgIpc) is 3.26. The molecule has 2 aromatic heterocycles. The Labute approximate surface area is 161 Å². The van der Waals surface area contributed by atoms with Crippen molar-refractivity contribution in [3.63, 3.8) is 0 Å². The molecule has 2 heterocycles. The van der Waals surface area contributed by atoms with E-state index in [9.17, 15) is 9.18 Å². The molecular formula is C22H21FN4O. The molecule has 4 aromatic rings. The lowest BCUT2D eigenvalue weighted by molar-refractivity contribution is -0.123. The maximum atomic E-state index is 13.5. The number of hydrogen-bond acceptors (Lipinski definition) is 2. The molecule has 1 aliphatic carbocycles. The number of aryl methyl sites for hydroxylation is 1. The summed E-state index contributed by atoms with van der Waals surface area (Å²) in [5.74, 6) is 0.743. The lowest BCUT2D eigenvalue weighted by atomic mass is 10.2. The lowest BCUT2D eigenvalue weighted by Crippen LogP contribution is -2.29. The van der Waals surface area contributed by atoms with Gasteiger partial charge in [0.1, 0.15) is 11.6 Å². The smallest absolute Gasteiger partial charge is 0.224 e. The van der Waals surface area contributed by atoms with E-state index in [1.807, 2.05) is 48.9 Å². The van der Waals surface area contributed by atoms with Gasteiger partial charge in [0.25, 0.3) is 0 Å². The van der Waals surface area contributed by atoms with Gasteiger partial charge in [0.05, 0.1) is 17.1 Å². The third-order valence-electron chi connectivity index (χ3n) is 5.73. The number of carbonyl (C=O) groups excluding carboxylic acids is 1. The summed E-state index contributed by atoms with van der Waals surface area (Å²) in [7, 11) is 1.94. The second-order valence-electron chi connectivity index (χ2n) is 7.65. The van der Waals surface area contributed by atoms with Crippen LogP contribution in [0.5, 0.6) is 0 Å². The zero-order valence-corrected chi connectivity index (χ0v) is 15.7. The van der Waals surface area contributed by atoms with E-state index in [0.717, 1.165) is 39.9 Å². The molecule has 0 spiro atoms. The van der Waals surface area contributed by atoms with Gasteiger partial charge in [-0.3, -0.25) is 4.79 Å². The van der Waals surface area contributed by atoms with Gasteiger partial charge in [0.2, 0.25) is 5.91 Å². The normalized spacial score (nSPS) is 19.8. The molecular weight excluding hydrogens is 355 g/mol. The number of aromatic nitrogens is 3. The quantitative estimate of drug-likeness (QED) is 0.561. The number of rotatable bonds is 4. The van der Waals surface area contributed by atoms with Gasteiger partial charge in [-0.25, -0.2) is 9.37 Å². The number of imidazole rings is 1. The summed E-state index contributed by atoms with van der Waals surface area (Å²) in [6.07, 6.45) is 0.804. The van der Waals surface area contributed by atoms with Crippen molar-refractivity contribution in [1.82, 2.24) is 19.9 Å². The van der Waals surface area contributed by atoms with Gasteiger partial charge in [-0.15, -0.1) is 0 Å². The summed E-state index contributed by atoms with van der Waals surface area (Å²) in [5.41, 5.74) is 3.83. The van der Waals surface area contributed by atoms with Crippen LogP contribution in [0.4, 0.5) is 4.39 Å². The van der Waals surface area contributed by atoms with Crippen LogP contribution >= 0.6 is 0 Å². The molecule has 0 bridgehead atoms. The highest BCUT2D eigenvalue weighted by Crippen LogP contribution is 2.47. The van der Waals surface area contributed by atoms with Gasteiger partial charge in [-0.2, -0.15) is 0 Å². The number of nitrogens with one attached hydrogen (secondary N) is 2. The molecule has 2 aromatic carbocycles. The Kier molecular flexibility index (Phi) is 3.75. The van der Waals surface area contributed by atoms with Gasteiger partial charge in [-0.1, -0.05) is 12.1 Å². The topological polar surface area (TPSA) is 62.7 Å². The monoisotopic (exact) mass is 376 g/mol. The molecule has 1 saturated carbocycles. The van der Waals surface area contributed by atoms with E-state index in [1.165, 1.54) is 12.1 Å². The molecule has 2 N–H and O–H groups in total. The Bertz CT molecular complexity index is 1170. The third-order valence-corrected chi connectivity index (χ3v) is 5.73. The van der Waals surface area contributed by atoms with Crippen molar-refractivity contribution in [3.8, 4) is 0 Å². The van der Waals surface area contributed by atoms with Crippen LogP contribution in [0.25, 0.3) is 21.9 Å². The fraction of sp³-hybridized carbons (Fsp3) is 0.273. The van der Waals surface area contributed by atoms with E-state index >= 15 is 0 Å².